The van der Waals surface area contributed by atoms with Gasteiger partial charge in [0.1, 0.15) is 11.4 Å². The second-order valence-corrected chi connectivity index (χ2v) is 5.41. The largest absolute Gasteiger partial charge is 0.490 e. The van der Waals surface area contributed by atoms with Gasteiger partial charge in [-0.1, -0.05) is 0 Å². The Kier molecular flexibility index (Phi) is 4.68. The molecule has 1 aromatic heterocycles. The number of nitro benzene ring substituents is 1. The van der Waals surface area contributed by atoms with Crippen molar-refractivity contribution in [3.63, 3.8) is 0 Å². The number of benzene rings is 1. The van der Waals surface area contributed by atoms with Crippen LogP contribution in [0.2, 0.25) is 0 Å². The molecule has 1 N–H and O–H groups in total. The van der Waals surface area contributed by atoms with Crippen molar-refractivity contribution in [2.75, 3.05) is 12.4 Å². The molecule has 122 valence electrons. The number of nitrogens with zero attached hydrogens (tertiary/aromatic N) is 2. The van der Waals surface area contributed by atoms with Gasteiger partial charge in [-0.25, -0.2) is 0 Å². The van der Waals surface area contributed by atoms with E-state index < -0.39 is 4.92 Å². The Hall–Kier alpha value is -2.83. The predicted molar refractivity (Wildman–Crippen MR) is 89.1 cm³/mol. The maximum absolute atomic E-state index is 12.0. The van der Waals surface area contributed by atoms with Gasteiger partial charge < -0.3 is 14.6 Å². The molecule has 0 bridgehead atoms. The van der Waals surface area contributed by atoms with Crippen LogP contribution in [0.4, 0.5) is 11.4 Å². The number of nitro groups is 1. The van der Waals surface area contributed by atoms with Gasteiger partial charge in [-0.05, 0) is 26.0 Å². The zero-order valence-electron chi connectivity index (χ0n) is 13.5. The fourth-order valence-corrected chi connectivity index (χ4v) is 2.25. The Morgan fingerprint density at radius 3 is 2.57 bits per heavy atom. The lowest BCUT2D eigenvalue weighted by Crippen LogP contribution is -2.19. The average Bonchev–Trinajstić information content (AvgIpc) is 2.49. The highest BCUT2D eigenvalue weighted by atomic mass is 16.6. The molecule has 0 radical (unpaired) electrons. The number of aromatic nitrogens is 1. The Balaban J connectivity index is 2.68. The first kappa shape index (κ1) is 16.5. The van der Waals surface area contributed by atoms with Gasteiger partial charge in [0.25, 0.3) is 11.2 Å². The van der Waals surface area contributed by atoms with E-state index in [1.54, 1.807) is 32.4 Å². The first-order valence-electron chi connectivity index (χ1n) is 7.17. The van der Waals surface area contributed by atoms with E-state index in [-0.39, 0.29) is 17.4 Å². The highest BCUT2D eigenvalue weighted by Gasteiger charge is 2.16. The second-order valence-electron chi connectivity index (χ2n) is 5.41. The number of pyridine rings is 1. The van der Waals surface area contributed by atoms with Crippen molar-refractivity contribution >= 4 is 11.4 Å². The van der Waals surface area contributed by atoms with Crippen molar-refractivity contribution in [3.8, 4) is 16.9 Å². The molecule has 0 saturated heterocycles. The van der Waals surface area contributed by atoms with Crippen molar-refractivity contribution in [2.24, 2.45) is 7.05 Å². The molecule has 0 fully saturated rings. The van der Waals surface area contributed by atoms with E-state index >= 15 is 0 Å². The summed E-state index contributed by atoms with van der Waals surface area (Å²) in [5.74, 6) is 0.534. The van der Waals surface area contributed by atoms with Gasteiger partial charge in [-0.3, -0.25) is 14.9 Å². The zero-order chi connectivity index (χ0) is 17.1. The summed E-state index contributed by atoms with van der Waals surface area (Å²) in [6.45, 7) is 3.76. The van der Waals surface area contributed by atoms with Crippen LogP contribution in [-0.4, -0.2) is 22.6 Å². The molecule has 0 aliphatic heterocycles. The van der Waals surface area contributed by atoms with Gasteiger partial charge >= 0.3 is 0 Å². The third-order valence-electron chi connectivity index (χ3n) is 3.30. The van der Waals surface area contributed by atoms with E-state index in [1.807, 2.05) is 13.8 Å². The molecule has 0 amide bonds. The van der Waals surface area contributed by atoms with E-state index in [0.717, 1.165) is 0 Å². The minimum absolute atomic E-state index is 0.0315. The fraction of sp³-hybridized carbons (Fsp3) is 0.312. The van der Waals surface area contributed by atoms with Crippen LogP contribution in [0.5, 0.6) is 5.75 Å². The van der Waals surface area contributed by atoms with Crippen molar-refractivity contribution in [1.82, 2.24) is 4.57 Å². The molecule has 1 aromatic carbocycles. The number of hydrogen-bond acceptors (Lipinski definition) is 5. The first-order chi connectivity index (χ1) is 10.8. The third-order valence-corrected chi connectivity index (χ3v) is 3.30. The van der Waals surface area contributed by atoms with Gasteiger partial charge in [0.15, 0.2) is 0 Å². The smallest absolute Gasteiger partial charge is 0.273 e. The van der Waals surface area contributed by atoms with Crippen LogP contribution < -0.4 is 15.6 Å². The van der Waals surface area contributed by atoms with E-state index in [1.165, 1.54) is 16.7 Å². The van der Waals surface area contributed by atoms with Crippen LogP contribution >= 0.6 is 0 Å². The number of rotatable bonds is 5. The minimum Gasteiger partial charge on any atom is -0.490 e. The van der Waals surface area contributed by atoms with Crippen molar-refractivity contribution < 1.29 is 9.66 Å². The molecule has 0 aliphatic rings. The van der Waals surface area contributed by atoms with Crippen molar-refractivity contribution in [3.05, 3.63) is 50.9 Å². The quantitative estimate of drug-likeness (QED) is 0.677. The van der Waals surface area contributed by atoms with Crippen LogP contribution in [0.3, 0.4) is 0 Å². The maximum Gasteiger partial charge on any atom is 0.273 e. The lowest BCUT2D eigenvalue weighted by molar-refractivity contribution is -0.384. The van der Waals surface area contributed by atoms with Crippen molar-refractivity contribution in [2.45, 2.75) is 20.0 Å². The molecule has 7 nitrogen and oxygen atoms in total. The molecule has 2 aromatic rings. The van der Waals surface area contributed by atoms with Gasteiger partial charge in [0.2, 0.25) is 0 Å². The summed E-state index contributed by atoms with van der Waals surface area (Å²) in [5, 5.41) is 13.9. The molecule has 0 unspecified atom stereocenters. The third kappa shape index (κ3) is 3.50. The number of anilines is 1. The summed E-state index contributed by atoms with van der Waals surface area (Å²) in [6, 6.07) is 6.10. The Morgan fingerprint density at radius 2 is 2.00 bits per heavy atom. The monoisotopic (exact) mass is 317 g/mol. The maximum atomic E-state index is 12.0. The fourth-order valence-electron chi connectivity index (χ4n) is 2.25. The van der Waals surface area contributed by atoms with Gasteiger partial charge in [-0.15, -0.1) is 0 Å². The van der Waals surface area contributed by atoms with Crippen LogP contribution in [0.15, 0.2) is 35.3 Å². The van der Waals surface area contributed by atoms with Crippen LogP contribution in [0.1, 0.15) is 13.8 Å². The predicted octanol–water partition coefficient (Wildman–Crippen LogP) is 2.79. The van der Waals surface area contributed by atoms with Gasteiger partial charge in [0, 0.05) is 43.6 Å². The number of nitrogens with one attached hydrogen (secondary N) is 1. The summed E-state index contributed by atoms with van der Waals surface area (Å²) < 4.78 is 7.18. The Morgan fingerprint density at radius 1 is 1.30 bits per heavy atom. The second kappa shape index (κ2) is 6.51. The number of non-ortho nitro benzene ring substituents is 1. The molecular formula is C16H19N3O4. The molecule has 7 heteroatoms. The topological polar surface area (TPSA) is 86.4 Å². The van der Waals surface area contributed by atoms with Crippen LogP contribution in [0.25, 0.3) is 11.1 Å². The Bertz CT molecular complexity index is 796. The summed E-state index contributed by atoms with van der Waals surface area (Å²) >= 11 is 0. The first-order valence-corrected chi connectivity index (χ1v) is 7.17. The lowest BCUT2D eigenvalue weighted by atomic mass is 10.0. The Labute approximate surface area is 133 Å². The molecule has 0 atom stereocenters. The molecule has 23 heavy (non-hydrogen) atoms. The van der Waals surface area contributed by atoms with Crippen LogP contribution in [-0.2, 0) is 7.05 Å². The van der Waals surface area contributed by atoms with Gasteiger partial charge in [-0.2, -0.15) is 0 Å². The number of hydrogen-bond donors (Lipinski definition) is 1. The van der Waals surface area contributed by atoms with E-state index in [0.29, 0.717) is 22.6 Å². The normalized spacial score (nSPS) is 10.7. The minimum atomic E-state index is -0.455. The SMILES string of the molecule is CNc1cc(-c2cc([N+](=O)[O-])ccc2OC(C)C)cn(C)c1=O. The molecule has 1 heterocycles. The lowest BCUT2D eigenvalue weighted by Gasteiger charge is -2.15. The molecule has 0 saturated carbocycles. The molecule has 0 aliphatic carbocycles. The standard InChI is InChI=1S/C16H19N3O4/c1-10(2)23-15-6-5-12(19(21)22)8-13(15)11-7-14(17-3)16(20)18(4)9-11/h5-10,17H,1-4H3. The summed E-state index contributed by atoms with van der Waals surface area (Å²) in [7, 11) is 3.28. The van der Waals surface area contributed by atoms with Crippen molar-refractivity contribution in [1.29, 1.82) is 0 Å². The van der Waals surface area contributed by atoms with E-state index in [2.05, 4.69) is 5.32 Å². The molecular weight excluding hydrogens is 298 g/mol. The summed E-state index contributed by atoms with van der Waals surface area (Å²) in [5.41, 5.74) is 1.44. The number of aryl methyl sites for hydroxylation is 1. The van der Waals surface area contributed by atoms with Gasteiger partial charge in [0.05, 0.1) is 11.0 Å². The van der Waals surface area contributed by atoms with E-state index in [9.17, 15) is 14.9 Å². The highest BCUT2D eigenvalue weighted by molar-refractivity contribution is 5.74. The van der Waals surface area contributed by atoms with E-state index in [4.69, 9.17) is 4.74 Å². The summed E-state index contributed by atoms with van der Waals surface area (Å²) in [4.78, 5) is 22.6. The highest BCUT2D eigenvalue weighted by Crippen LogP contribution is 2.34. The average molecular weight is 317 g/mol. The molecule has 0 spiro atoms. The zero-order valence-corrected chi connectivity index (χ0v) is 13.5. The summed E-state index contributed by atoms with van der Waals surface area (Å²) in [6.07, 6.45) is 1.56. The number of ether oxygens (including phenoxy) is 1. The molecule has 2 rings (SSSR count). The van der Waals surface area contributed by atoms with Crippen LogP contribution in [0, 0.1) is 10.1 Å².